The molecule has 0 aliphatic carbocycles. The summed E-state index contributed by atoms with van der Waals surface area (Å²) in [6, 6.07) is 0.500. The van der Waals surface area contributed by atoms with E-state index in [9.17, 15) is 0 Å². The maximum atomic E-state index is 5.72. The monoisotopic (exact) mass is 161 g/mol. The molecule has 1 nitrogen and oxygen atoms in total. The highest BCUT2D eigenvalue weighted by Crippen LogP contribution is 2.02. The zero-order valence-electron chi connectivity index (χ0n) is 6.81. The first kappa shape index (κ1) is 9.99. The van der Waals surface area contributed by atoms with E-state index < -0.39 is 0 Å². The number of rotatable bonds is 5. The summed E-state index contributed by atoms with van der Waals surface area (Å²) in [7, 11) is 2.07. The second-order valence-electron chi connectivity index (χ2n) is 2.44. The number of hydrogen-bond acceptors (Lipinski definition) is 1. The van der Waals surface area contributed by atoms with Crippen molar-refractivity contribution in [2.45, 2.75) is 19.4 Å². The van der Waals surface area contributed by atoms with Crippen LogP contribution in [0.25, 0.3) is 0 Å². The molecule has 0 saturated carbocycles. The van der Waals surface area contributed by atoms with Crippen LogP contribution in [0.1, 0.15) is 13.3 Å². The summed E-state index contributed by atoms with van der Waals surface area (Å²) in [4.78, 5) is 2.21. The molecule has 60 valence electrons. The minimum atomic E-state index is 0.500. The van der Waals surface area contributed by atoms with Crippen LogP contribution in [-0.4, -0.2) is 30.4 Å². The third-order valence-electron chi connectivity index (χ3n) is 1.69. The van der Waals surface area contributed by atoms with Gasteiger partial charge in [0, 0.05) is 18.5 Å². The van der Waals surface area contributed by atoms with Crippen molar-refractivity contribution in [1.82, 2.24) is 4.90 Å². The van der Waals surface area contributed by atoms with Gasteiger partial charge >= 0.3 is 0 Å². The smallest absolute Gasteiger partial charge is 0.0379 e. The summed E-state index contributed by atoms with van der Waals surface area (Å²) in [6.07, 6.45) is 3.00. The molecule has 0 N–H and O–H groups in total. The fraction of sp³-hybridized carbons (Fsp3) is 0.750. The Morgan fingerprint density at radius 2 is 2.30 bits per heavy atom. The Morgan fingerprint density at radius 3 is 2.60 bits per heavy atom. The van der Waals surface area contributed by atoms with Crippen molar-refractivity contribution in [3.63, 3.8) is 0 Å². The molecule has 0 aliphatic rings. The third-order valence-corrected chi connectivity index (χ3v) is 2.05. The zero-order valence-corrected chi connectivity index (χ0v) is 7.56. The summed E-state index contributed by atoms with van der Waals surface area (Å²) in [5.41, 5.74) is 0. The van der Waals surface area contributed by atoms with Crippen molar-refractivity contribution in [2.24, 2.45) is 0 Å². The fourth-order valence-corrected chi connectivity index (χ4v) is 1.35. The van der Waals surface area contributed by atoms with Gasteiger partial charge in [-0.15, -0.1) is 18.2 Å². The topological polar surface area (TPSA) is 3.24 Å². The van der Waals surface area contributed by atoms with Gasteiger partial charge in [0.1, 0.15) is 0 Å². The van der Waals surface area contributed by atoms with Crippen LogP contribution in [0.5, 0.6) is 0 Å². The van der Waals surface area contributed by atoms with E-state index in [4.69, 9.17) is 11.6 Å². The highest BCUT2D eigenvalue weighted by atomic mass is 35.5. The van der Waals surface area contributed by atoms with Crippen molar-refractivity contribution in [3.8, 4) is 0 Å². The largest absolute Gasteiger partial charge is 0.299 e. The van der Waals surface area contributed by atoms with Crippen LogP contribution >= 0.6 is 11.6 Å². The summed E-state index contributed by atoms with van der Waals surface area (Å²) < 4.78 is 0. The van der Waals surface area contributed by atoms with E-state index in [1.54, 1.807) is 0 Å². The SMILES string of the molecule is C=CCN(C)C(CC)CCl. The van der Waals surface area contributed by atoms with E-state index in [0.29, 0.717) is 11.9 Å². The van der Waals surface area contributed by atoms with Gasteiger partial charge in [-0.05, 0) is 13.5 Å². The van der Waals surface area contributed by atoms with Crippen molar-refractivity contribution in [3.05, 3.63) is 12.7 Å². The first-order chi connectivity index (χ1) is 4.76. The normalized spacial score (nSPS) is 13.6. The molecule has 0 bridgehead atoms. The van der Waals surface area contributed by atoms with Gasteiger partial charge in [0.05, 0.1) is 0 Å². The van der Waals surface area contributed by atoms with E-state index >= 15 is 0 Å². The molecule has 1 atom stereocenters. The van der Waals surface area contributed by atoms with Crippen LogP contribution in [0.4, 0.5) is 0 Å². The minimum Gasteiger partial charge on any atom is -0.299 e. The van der Waals surface area contributed by atoms with Crippen LogP contribution in [0, 0.1) is 0 Å². The molecule has 0 fully saturated rings. The van der Waals surface area contributed by atoms with Crippen LogP contribution in [-0.2, 0) is 0 Å². The van der Waals surface area contributed by atoms with Gasteiger partial charge in [-0.3, -0.25) is 4.90 Å². The first-order valence-electron chi connectivity index (χ1n) is 3.63. The highest BCUT2D eigenvalue weighted by Gasteiger charge is 2.08. The van der Waals surface area contributed by atoms with E-state index in [0.717, 1.165) is 13.0 Å². The molecular formula is C8H16ClN. The van der Waals surface area contributed by atoms with Crippen LogP contribution in [0.15, 0.2) is 12.7 Å². The summed E-state index contributed by atoms with van der Waals surface area (Å²) in [6.45, 7) is 6.73. The number of likely N-dealkylation sites (N-methyl/N-ethyl adjacent to an activating group) is 1. The number of nitrogens with zero attached hydrogens (tertiary/aromatic N) is 1. The van der Waals surface area contributed by atoms with Crippen LogP contribution < -0.4 is 0 Å². The lowest BCUT2D eigenvalue weighted by molar-refractivity contribution is 0.281. The molecule has 0 radical (unpaired) electrons. The fourth-order valence-electron chi connectivity index (χ4n) is 0.891. The van der Waals surface area contributed by atoms with Crippen molar-refractivity contribution in [2.75, 3.05) is 19.5 Å². The summed E-state index contributed by atoms with van der Waals surface area (Å²) >= 11 is 5.72. The van der Waals surface area contributed by atoms with Gasteiger partial charge < -0.3 is 0 Å². The molecule has 0 aromatic heterocycles. The van der Waals surface area contributed by atoms with Gasteiger partial charge in [-0.25, -0.2) is 0 Å². The van der Waals surface area contributed by atoms with E-state index in [2.05, 4.69) is 25.5 Å². The van der Waals surface area contributed by atoms with Gasteiger partial charge in [0.2, 0.25) is 0 Å². The Morgan fingerprint density at radius 1 is 1.70 bits per heavy atom. The standard InChI is InChI=1S/C8H16ClN/c1-4-6-10(3)8(5-2)7-9/h4,8H,1,5-7H2,2-3H3. The van der Waals surface area contributed by atoms with Crippen molar-refractivity contribution < 1.29 is 0 Å². The Bertz CT molecular complexity index is 89.3. The van der Waals surface area contributed by atoms with Gasteiger partial charge in [-0.2, -0.15) is 0 Å². The number of halogens is 1. The molecule has 0 aliphatic heterocycles. The Balaban J connectivity index is 3.63. The summed E-state index contributed by atoms with van der Waals surface area (Å²) in [5, 5.41) is 0. The van der Waals surface area contributed by atoms with E-state index in [1.807, 2.05) is 6.08 Å². The van der Waals surface area contributed by atoms with Crippen LogP contribution in [0.2, 0.25) is 0 Å². The maximum absolute atomic E-state index is 5.72. The van der Waals surface area contributed by atoms with Crippen LogP contribution in [0.3, 0.4) is 0 Å². The molecule has 0 saturated heterocycles. The maximum Gasteiger partial charge on any atom is 0.0379 e. The molecule has 0 spiro atoms. The second-order valence-corrected chi connectivity index (χ2v) is 2.75. The molecule has 10 heavy (non-hydrogen) atoms. The molecule has 1 unspecified atom stereocenters. The van der Waals surface area contributed by atoms with Crippen molar-refractivity contribution >= 4 is 11.6 Å². The average molecular weight is 162 g/mol. The number of alkyl halides is 1. The Kier molecular flexibility index (Phi) is 5.74. The summed E-state index contributed by atoms with van der Waals surface area (Å²) in [5.74, 6) is 0.709. The zero-order chi connectivity index (χ0) is 7.98. The predicted molar refractivity (Wildman–Crippen MR) is 47.6 cm³/mol. The van der Waals surface area contributed by atoms with Gasteiger partial charge in [-0.1, -0.05) is 13.0 Å². The molecular weight excluding hydrogens is 146 g/mol. The average Bonchev–Trinajstić information content (AvgIpc) is 1.91. The molecule has 2 heteroatoms. The molecule has 0 rings (SSSR count). The first-order valence-corrected chi connectivity index (χ1v) is 4.16. The predicted octanol–water partition coefficient (Wildman–Crippen LogP) is 2.12. The Labute approximate surface area is 68.7 Å². The quantitative estimate of drug-likeness (QED) is 0.441. The lowest BCUT2D eigenvalue weighted by Gasteiger charge is -2.23. The third kappa shape index (κ3) is 3.23. The molecule has 0 amide bonds. The molecule has 0 aromatic rings. The lowest BCUT2D eigenvalue weighted by Crippen LogP contribution is -2.32. The van der Waals surface area contributed by atoms with E-state index in [-0.39, 0.29) is 0 Å². The molecule has 0 aromatic carbocycles. The minimum absolute atomic E-state index is 0.500. The Hall–Kier alpha value is -0.0100. The number of hydrogen-bond donors (Lipinski definition) is 0. The van der Waals surface area contributed by atoms with Crippen molar-refractivity contribution in [1.29, 1.82) is 0 Å². The molecule has 0 heterocycles. The van der Waals surface area contributed by atoms with Gasteiger partial charge in [0.25, 0.3) is 0 Å². The van der Waals surface area contributed by atoms with E-state index in [1.165, 1.54) is 0 Å². The van der Waals surface area contributed by atoms with Gasteiger partial charge in [0.15, 0.2) is 0 Å². The lowest BCUT2D eigenvalue weighted by atomic mass is 10.2. The second kappa shape index (κ2) is 5.75. The highest BCUT2D eigenvalue weighted by molar-refractivity contribution is 6.18.